The number of imide groups is 1. The number of nitrogens with zero attached hydrogens (tertiary/aromatic N) is 1. The smallest absolute Gasteiger partial charge is 0.251 e. The summed E-state index contributed by atoms with van der Waals surface area (Å²) in [6.45, 7) is 1.23. The zero-order valence-electron chi connectivity index (χ0n) is 15.2. The van der Waals surface area contributed by atoms with E-state index in [1.807, 2.05) is 0 Å². The summed E-state index contributed by atoms with van der Waals surface area (Å²) in [4.78, 5) is 39.7. The van der Waals surface area contributed by atoms with E-state index in [0.29, 0.717) is 29.6 Å². The van der Waals surface area contributed by atoms with Gasteiger partial charge in [0, 0.05) is 18.7 Å². The van der Waals surface area contributed by atoms with E-state index in [2.05, 4.69) is 5.32 Å². The molecule has 6 nitrogen and oxygen atoms in total. The van der Waals surface area contributed by atoms with Crippen LogP contribution in [0.4, 0.5) is 5.69 Å². The van der Waals surface area contributed by atoms with Crippen LogP contribution in [-0.4, -0.2) is 37.0 Å². The van der Waals surface area contributed by atoms with Gasteiger partial charge in [0.05, 0.1) is 23.6 Å². The van der Waals surface area contributed by atoms with Crippen molar-refractivity contribution in [3.05, 3.63) is 29.8 Å². The summed E-state index contributed by atoms with van der Waals surface area (Å²) in [5.74, 6) is 0.0788. The van der Waals surface area contributed by atoms with Crippen molar-refractivity contribution in [1.82, 2.24) is 5.32 Å². The SMILES string of the molecule is O=C(NC[C@H]1CCCO1)c1cccc(N2C(=O)[C@H]3[C@@H]4CC[C@@H](C4)[C@@H]3C2=O)c1. The Balaban J connectivity index is 1.34. The van der Waals surface area contributed by atoms with Gasteiger partial charge in [-0.15, -0.1) is 0 Å². The third-order valence-corrected chi connectivity index (χ3v) is 6.81. The maximum atomic E-state index is 13.0. The number of fused-ring (bicyclic) bond motifs is 5. The molecule has 4 aliphatic rings. The average Bonchev–Trinajstić information content (AvgIpc) is 3.45. The lowest BCUT2D eigenvalue weighted by Gasteiger charge is -2.19. The van der Waals surface area contributed by atoms with Gasteiger partial charge in [-0.05, 0) is 62.1 Å². The summed E-state index contributed by atoms with van der Waals surface area (Å²) in [7, 11) is 0. The highest BCUT2D eigenvalue weighted by atomic mass is 16.5. The normalized spacial score (nSPS) is 34.4. The molecule has 2 saturated heterocycles. The molecule has 1 aromatic carbocycles. The molecule has 2 heterocycles. The predicted octanol–water partition coefficient (Wildman–Crippen LogP) is 2.13. The second kappa shape index (κ2) is 6.44. The van der Waals surface area contributed by atoms with Gasteiger partial charge < -0.3 is 10.1 Å². The third kappa shape index (κ3) is 2.69. The highest BCUT2D eigenvalue weighted by molar-refractivity contribution is 6.22. The van der Waals surface area contributed by atoms with E-state index in [4.69, 9.17) is 4.74 Å². The molecular weight excluding hydrogens is 344 g/mol. The van der Waals surface area contributed by atoms with Gasteiger partial charge in [-0.25, -0.2) is 0 Å². The molecule has 1 aromatic rings. The van der Waals surface area contributed by atoms with Crippen LogP contribution in [-0.2, 0) is 14.3 Å². The van der Waals surface area contributed by atoms with Crippen LogP contribution in [0, 0.1) is 23.7 Å². The molecule has 0 aromatic heterocycles. The lowest BCUT2D eigenvalue weighted by Crippen LogP contribution is -2.34. The Morgan fingerprint density at radius 2 is 1.85 bits per heavy atom. The molecule has 2 aliphatic heterocycles. The first-order valence-corrected chi connectivity index (χ1v) is 10.0. The number of hydrogen-bond donors (Lipinski definition) is 1. The molecule has 5 atom stereocenters. The van der Waals surface area contributed by atoms with Crippen molar-refractivity contribution in [3.63, 3.8) is 0 Å². The molecule has 1 N–H and O–H groups in total. The van der Waals surface area contributed by atoms with Gasteiger partial charge in [-0.3, -0.25) is 19.3 Å². The Hall–Kier alpha value is -2.21. The molecule has 2 aliphatic carbocycles. The van der Waals surface area contributed by atoms with E-state index in [1.54, 1.807) is 24.3 Å². The molecule has 5 rings (SSSR count). The number of amides is 3. The van der Waals surface area contributed by atoms with E-state index >= 15 is 0 Å². The van der Waals surface area contributed by atoms with Crippen molar-refractivity contribution in [2.75, 3.05) is 18.1 Å². The number of carbonyl (C=O) groups is 3. The summed E-state index contributed by atoms with van der Waals surface area (Å²) in [5.41, 5.74) is 0.981. The molecule has 27 heavy (non-hydrogen) atoms. The van der Waals surface area contributed by atoms with Crippen LogP contribution in [0.25, 0.3) is 0 Å². The first kappa shape index (κ1) is 16.9. The van der Waals surface area contributed by atoms with Gasteiger partial charge in [0.15, 0.2) is 0 Å². The largest absolute Gasteiger partial charge is 0.376 e. The zero-order valence-corrected chi connectivity index (χ0v) is 15.2. The van der Waals surface area contributed by atoms with Crippen LogP contribution in [0.15, 0.2) is 24.3 Å². The van der Waals surface area contributed by atoms with Crippen LogP contribution in [0.3, 0.4) is 0 Å². The summed E-state index contributed by atoms with van der Waals surface area (Å²) in [6, 6.07) is 6.85. The van der Waals surface area contributed by atoms with Gasteiger partial charge in [0.1, 0.15) is 0 Å². The van der Waals surface area contributed by atoms with Crippen molar-refractivity contribution in [2.45, 2.75) is 38.2 Å². The van der Waals surface area contributed by atoms with E-state index < -0.39 is 0 Å². The van der Waals surface area contributed by atoms with Gasteiger partial charge >= 0.3 is 0 Å². The fourth-order valence-electron chi connectivity index (χ4n) is 5.56. The number of hydrogen-bond acceptors (Lipinski definition) is 4. The van der Waals surface area contributed by atoms with Crippen LogP contribution >= 0.6 is 0 Å². The Labute approximate surface area is 158 Å². The molecule has 2 saturated carbocycles. The number of anilines is 1. The Morgan fingerprint density at radius 3 is 2.52 bits per heavy atom. The first-order chi connectivity index (χ1) is 13.1. The number of rotatable bonds is 4. The summed E-state index contributed by atoms with van der Waals surface area (Å²) in [6.07, 6.45) is 5.21. The van der Waals surface area contributed by atoms with Gasteiger partial charge in [-0.1, -0.05) is 6.07 Å². The summed E-state index contributed by atoms with van der Waals surface area (Å²) in [5, 5.41) is 2.89. The second-order valence-electron chi connectivity index (χ2n) is 8.29. The minimum atomic E-state index is -0.202. The third-order valence-electron chi connectivity index (χ3n) is 6.81. The van der Waals surface area contributed by atoms with Crippen LogP contribution in [0.5, 0.6) is 0 Å². The Morgan fingerprint density at radius 1 is 1.11 bits per heavy atom. The molecule has 2 bridgehead atoms. The molecule has 142 valence electrons. The number of nitrogens with one attached hydrogen (secondary N) is 1. The molecule has 0 unspecified atom stereocenters. The highest BCUT2D eigenvalue weighted by Gasteiger charge is 2.61. The number of carbonyl (C=O) groups excluding carboxylic acids is 3. The molecule has 3 amide bonds. The quantitative estimate of drug-likeness (QED) is 0.826. The maximum Gasteiger partial charge on any atom is 0.251 e. The van der Waals surface area contributed by atoms with Crippen LogP contribution in [0.1, 0.15) is 42.5 Å². The molecule has 0 spiro atoms. The summed E-state index contributed by atoms with van der Waals surface area (Å²) < 4.78 is 5.53. The second-order valence-corrected chi connectivity index (χ2v) is 8.29. The van der Waals surface area contributed by atoms with Crippen molar-refractivity contribution in [3.8, 4) is 0 Å². The zero-order chi connectivity index (χ0) is 18.5. The van der Waals surface area contributed by atoms with Gasteiger partial charge in [-0.2, -0.15) is 0 Å². The van der Waals surface area contributed by atoms with Crippen molar-refractivity contribution in [1.29, 1.82) is 0 Å². The monoisotopic (exact) mass is 368 g/mol. The number of benzene rings is 1. The average molecular weight is 368 g/mol. The van der Waals surface area contributed by atoms with Gasteiger partial charge in [0.25, 0.3) is 5.91 Å². The standard InChI is InChI=1S/C21H24N2O4/c24-19(22-11-16-5-2-8-27-16)14-3-1-4-15(10-14)23-20(25)17-12-6-7-13(9-12)18(17)21(23)26/h1,3-4,10,12-13,16-18H,2,5-9,11H2,(H,22,24)/t12-,13+,16-,17+,18+/m1/s1. The van der Waals surface area contributed by atoms with Crippen LogP contribution < -0.4 is 10.2 Å². The van der Waals surface area contributed by atoms with E-state index in [0.717, 1.165) is 38.7 Å². The van der Waals surface area contributed by atoms with E-state index in [9.17, 15) is 14.4 Å². The van der Waals surface area contributed by atoms with Crippen molar-refractivity contribution < 1.29 is 19.1 Å². The lowest BCUT2D eigenvalue weighted by atomic mass is 9.81. The van der Waals surface area contributed by atoms with E-state index in [-0.39, 0.29) is 35.7 Å². The molecule has 6 heteroatoms. The molecule has 0 radical (unpaired) electrons. The Bertz CT molecular complexity index is 773. The summed E-state index contributed by atoms with van der Waals surface area (Å²) >= 11 is 0. The fourth-order valence-corrected chi connectivity index (χ4v) is 5.56. The van der Waals surface area contributed by atoms with Gasteiger partial charge in [0.2, 0.25) is 11.8 Å². The Kier molecular flexibility index (Phi) is 4.04. The van der Waals surface area contributed by atoms with Crippen LogP contribution in [0.2, 0.25) is 0 Å². The maximum absolute atomic E-state index is 13.0. The topological polar surface area (TPSA) is 75.7 Å². The molecular formula is C21H24N2O4. The lowest BCUT2D eigenvalue weighted by molar-refractivity contribution is -0.123. The predicted molar refractivity (Wildman–Crippen MR) is 98.1 cm³/mol. The number of ether oxygens (including phenoxy) is 1. The van der Waals surface area contributed by atoms with Crippen molar-refractivity contribution >= 4 is 23.4 Å². The highest BCUT2D eigenvalue weighted by Crippen LogP contribution is 2.56. The minimum Gasteiger partial charge on any atom is -0.376 e. The van der Waals surface area contributed by atoms with Crippen molar-refractivity contribution in [2.24, 2.45) is 23.7 Å². The first-order valence-electron chi connectivity index (χ1n) is 10.0. The molecule has 4 fully saturated rings. The minimum absolute atomic E-state index is 0.0749. The fraction of sp³-hybridized carbons (Fsp3) is 0.571. The van der Waals surface area contributed by atoms with E-state index in [1.165, 1.54) is 4.90 Å².